The van der Waals surface area contributed by atoms with Gasteiger partial charge < -0.3 is 5.11 Å². The molecular weight excluding hydrogens is 291 g/mol. The van der Waals surface area contributed by atoms with Gasteiger partial charge in [0.05, 0.1) is 9.82 Å². The molecule has 1 atom stereocenters. The normalized spacial score (nSPS) is 13.2. The van der Waals surface area contributed by atoms with E-state index >= 15 is 0 Å². The maximum absolute atomic E-state index is 13.2. The summed E-state index contributed by atoms with van der Waals surface area (Å²) in [5, 5.41) is 19.4. The number of hydrogen-bond donors (Lipinski definition) is 2. The zero-order valence-electron chi connectivity index (χ0n) is 10.7. The van der Waals surface area contributed by atoms with E-state index in [1.165, 1.54) is 0 Å². The smallest absolute Gasteiger partial charge is 0.306 e. The minimum absolute atomic E-state index is 0.190. The van der Waals surface area contributed by atoms with E-state index in [1.807, 2.05) is 0 Å². The third kappa shape index (κ3) is 3.95. The van der Waals surface area contributed by atoms with Crippen LogP contribution in [-0.2, 0) is 10.0 Å². The predicted octanol–water partition coefficient (Wildman–Crippen LogP) is 1.17. The molecule has 7 nitrogen and oxygen atoms in total. The second-order valence-electron chi connectivity index (χ2n) is 4.11. The molecule has 0 spiro atoms. The van der Waals surface area contributed by atoms with Crippen molar-refractivity contribution in [1.29, 1.82) is 0 Å². The van der Waals surface area contributed by atoms with Crippen molar-refractivity contribution in [2.45, 2.75) is 30.7 Å². The molecule has 0 aromatic heterocycles. The van der Waals surface area contributed by atoms with Crippen LogP contribution in [0.25, 0.3) is 0 Å². The summed E-state index contributed by atoms with van der Waals surface area (Å²) in [6, 6.07) is 1.87. The molecule has 0 heterocycles. The number of hydrogen-bond acceptors (Lipinski definition) is 5. The molecule has 0 bridgehead atoms. The fourth-order valence-corrected chi connectivity index (χ4v) is 2.96. The van der Waals surface area contributed by atoms with Crippen molar-refractivity contribution >= 4 is 15.7 Å². The monoisotopic (exact) mass is 306 g/mol. The van der Waals surface area contributed by atoms with Crippen molar-refractivity contribution in [2.24, 2.45) is 0 Å². The second-order valence-corrected chi connectivity index (χ2v) is 5.82. The van der Waals surface area contributed by atoms with Crippen LogP contribution in [0.5, 0.6) is 0 Å². The number of nitro benzene ring substituents is 1. The van der Waals surface area contributed by atoms with E-state index in [-0.39, 0.29) is 17.9 Å². The summed E-state index contributed by atoms with van der Waals surface area (Å²) in [6.07, 6.45) is 0.669. The molecule has 2 N–H and O–H groups in total. The molecule has 0 amide bonds. The first kappa shape index (κ1) is 16.5. The SMILES string of the molecule is CCC(CCO)NS(=O)(=O)c1ccc(F)c([N+](=O)[O-])c1. The van der Waals surface area contributed by atoms with E-state index in [9.17, 15) is 22.9 Å². The Hall–Kier alpha value is -1.58. The Morgan fingerprint density at radius 1 is 1.50 bits per heavy atom. The maximum atomic E-state index is 13.2. The lowest BCUT2D eigenvalue weighted by Crippen LogP contribution is -2.35. The summed E-state index contributed by atoms with van der Waals surface area (Å²) in [6.45, 7) is 1.54. The molecule has 112 valence electrons. The topological polar surface area (TPSA) is 110 Å². The van der Waals surface area contributed by atoms with Crippen LogP contribution in [0.1, 0.15) is 19.8 Å². The van der Waals surface area contributed by atoms with Crippen LogP contribution in [-0.4, -0.2) is 31.1 Å². The Kier molecular flexibility index (Phi) is 5.54. The van der Waals surface area contributed by atoms with Crippen LogP contribution in [0.2, 0.25) is 0 Å². The van der Waals surface area contributed by atoms with Crippen LogP contribution in [0.3, 0.4) is 0 Å². The molecule has 20 heavy (non-hydrogen) atoms. The zero-order valence-corrected chi connectivity index (χ0v) is 11.6. The van der Waals surface area contributed by atoms with E-state index in [0.717, 1.165) is 12.1 Å². The summed E-state index contributed by atoms with van der Waals surface area (Å²) < 4.78 is 39.5. The lowest BCUT2D eigenvalue weighted by molar-refractivity contribution is -0.387. The van der Waals surface area contributed by atoms with Gasteiger partial charge in [-0.2, -0.15) is 4.39 Å². The van der Waals surface area contributed by atoms with Crippen molar-refractivity contribution in [3.63, 3.8) is 0 Å². The number of nitrogens with zero attached hydrogens (tertiary/aromatic N) is 1. The van der Waals surface area contributed by atoms with Gasteiger partial charge in [-0.1, -0.05) is 6.92 Å². The molecular formula is C11H15FN2O5S. The van der Waals surface area contributed by atoms with Gasteiger partial charge in [-0.15, -0.1) is 0 Å². The van der Waals surface area contributed by atoms with Crippen molar-refractivity contribution in [2.75, 3.05) is 6.61 Å². The number of rotatable bonds is 7. The molecule has 9 heteroatoms. The number of aliphatic hydroxyl groups excluding tert-OH is 1. The third-order valence-corrected chi connectivity index (χ3v) is 4.23. The quantitative estimate of drug-likeness (QED) is 0.580. The van der Waals surface area contributed by atoms with Crippen LogP contribution < -0.4 is 4.72 Å². The lowest BCUT2D eigenvalue weighted by atomic mass is 10.2. The van der Waals surface area contributed by atoms with Gasteiger partial charge in [-0.05, 0) is 25.0 Å². The number of halogens is 1. The molecule has 0 saturated heterocycles. The van der Waals surface area contributed by atoms with Gasteiger partial charge in [-0.25, -0.2) is 13.1 Å². The Labute approximate surface area is 115 Å². The van der Waals surface area contributed by atoms with E-state index in [1.54, 1.807) is 6.92 Å². The maximum Gasteiger partial charge on any atom is 0.306 e. The van der Waals surface area contributed by atoms with Gasteiger partial charge >= 0.3 is 5.69 Å². The predicted molar refractivity (Wildman–Crippen MR) is 69.2 cm³/mol. The highest BCUT2D eigenvalue weighted by Gasteiger charge is 2.23. The van der Waals surface area contributed by atoms with E-state index in [4.69, 9.17) is 5.11 Å². The summed E-state index contributed by atoms with van der Waals surface area (Å²) in [5.41, 5.74) is -0.900. The number of nitro groups is 1. The molecule has 0 saturated carbocycles. The van der Waals surface area contributed by atoms with Crippen molar-refractivity contribution in [3.8, 4) is 0 Å². The Morgan fingerprint density at radius 3 is 2.65 bits per heavy atom. The van der Waals surface area contributed by atoms with Gasteiger partial charge in [0.2, 0.25) is 15.8 Å². The van der Waals surface area contributed by atoms with Crippen LogP contribution in [0, 0.1) is 15.9 Å². The van der Waals surface area contributed by atoms with E-state index in [0.29, 0.717) is 12.5 Å². The molecule has 0 aliphatic heterocycles. The average molecular weight is 306 g/mol. The van der Waals surface area contributed by atoms with Crippen LogP contribution in [0.15, 0.2) is 23.1 Å². The van der Waals surface area contributed by atoms with Gasteiger partial charge in [0.1, 0.15) is 0 Å². The van der Waals surface area contributed by atoms with Gasteiger partial charge in [0.25, 0.3) is 0 Å². The van der Waals surface area contributed by atoms with Crippen molar-refractivity contribution in [1.82, 2.24) is 4.72 Å². The van der Waals surface area contributed by atoms with E-state index in [2.05, 4.69) is 4.72 Å². The van der Waals surface area contributed by atoms with Crippen molar-refractivity contribution < 1.29 is 22.8 Å². The summed E-state index contributed by atoms with van der Waals surface area (Å²) in [7, 11) is -4.00. The average Bonchev–Trinajstić information content (AvgIpc) is 2.37. The highest BCUT2D eigenvalue weighted by molar-refractivity contribution is 7.89. The summed E-state index contributed by atoms with van der Waals surface area (Å²) in [5.74, 6) is -1.10. The minimum atomic E-state index is -4.00. The molecule has 1 aromatic carbocycles. The van der Waals surface area contributed by atoms with Crippen LogP contribution >= 0.6 is 0 Å². The molecule has 1 aromatic rings. The fraction of sp³-hybridized carbons (Fsp3) is 0.455. The minimum Gasteiger partial charge on any atom is -0.396 e. The summed E-state index contributed by atoms with van der Waals surface area (Å²) >= 11 is 0. The van der Waals surface area contributed by atoms with Gasteiger partial charge in [0.15, 0.2) is 0 Å². The Bertz CT molecular complexity index is 590. The van der Waals surface area contributed by atoms with E-state index < -0.39 is 32.5 Å². The first-order valence-electron chi connectivity index (χ1n) is 5.89. The number of nitrogens with one attached hydrogen (secondary N) is 1. The Morgan fingerprint density at radius 2 is 2.15 bits per heavy atom. The number of aliphatic hydroxyl groups is 1. The third-order valence-electron chi connectivity index (χ3n) is 2.72. The highest BCUT2D eigenvalue weighted by atomic mass is 32.2. The zero-order chi connectivity index (χ0) is 15.3. The largest absolute Gasteiger partial charge is 0.396 e. The molecule has 1 rings (SSSR count). The molecule has 0 aliphatic carbocycles. The summed E-state index contributed by atoms with van der Waals surface area (Å²) in [4.78, 5) is 9.23. The first-order valence-corrected chi connectivity index (χ1v) is 7.37. The Balaban J connectivity index is 3.09. The first-order chi connectivity index (χ1) is 9.31. The van der Waals surface area contributed by atoms with Gasteiger partial charge in [0, 0.05) is 18.7 Å². The molecule has 0 radical (unpaired) electrons. The van der Waals surface area contributed by atoms with Gasteiger partial charge in [-0.3, -0.25) is 10.1 Å². The standard InChI is InChI=1S/C11H15FN2O5S/c1-2-8(5-6-15)13-20(18,19)9-3-4-10(12)11(7-9)14(16)17/h3-4,7-8,13,15H,2,5-6H2,1H3. The number of sulfonamides is 1. The molecule has 0 aliphatic rings. The molecule has 0 fully saturated rings. The van der Waals surface area contributed by atoms with Crippen LogP contribution in [0.4, 0.5) is 10.1 Å². The van der Waals surface area contributed by atoms with Crippen molar-refractivity contribution in [3.05, 3.63) is 34.1 Å². The second kappa shape index (κ2) is 6.73. The highest BCUT2D eigenvalue weighted by Crippen LogP contribution is 2.21. The number of benzene rings is 1. The lowest BCUT2D eigenvalue weighted by Gasteiger charge is -2.15. The fourth-order valence-electron chi connectivity index (χ4n) is 1.59. The molecule has 1 unspecified atom stereocenters.